The number of hydrogen-bond donors (Lipinski definition) is 2. The van der Waals surface area contributed by atoms with Gasteiger partial charge in [0, 0.05) is 12.5 Å². The second-order valence-corrected chi connectivity index (χ2v) is 8.18. The first-order valence-corrected chi connectivity index (χ1v) is 9.80. The van der Waals surface area contributed by atoms with E-state index in [1.54, 1.807) is 6.92 Å². The normalized spacial score (nSPS) is 14.5. The van der Waals surface area contributed by atoms with Gasteiger partial charge in [0.05, 0.1) is 11.4 Å². The third-order valence-electron chi connectivity index (χ3n) is 4.01. The first-order chi connectivity index (χ1) is 11.4. The molecule has 5 heteroatoms. The lowest BCUT2D eigenvalue weighted by Crippen LogP contribution is -2.45. The molecule has 0 heterocycles. The first kappa shape index (κ1) is 18.6. The standard InChI is InChI=1S/C19H25NO3S/c1-3-14-24(22,23)20-15-19(2,21)18(16-10-6-4-7-11-16)17-12-8-5-9-13-17/h4-13,18,20-21H,3,14-15H2,1-2H3. The highest BCUT2D eigenvalue weighted by molar-refractivity contribution is 7.89. The van der Waals surface area contributed by atoms with Gasteiger partial charge in [-0.15, -0.1) is 0 Å². The maximum atomic E-state index is 12.0. The van der Waals surface area contributed by atoms with Crippen LogP contribution in [0.25, 0.3) is 0 Å². The fraction of sp³-hybridized carbons (Fsp3) is 0.368. The number of aliphatic hydroxyl groups is 1. The third-order valence-corrected chi connectivity index (χ3v) is 5.54. The lowest BCUT2D eigenvalue weighted by molar-refractivity contribution is 0.0481. The molecule has 2 rings (SSSR count). The summed E-state index contributed by atoms with van der Waals surface area (Å²) in [7, 11) is -3.37. The average Bonchev–Trinajstić information content (AvgIpc) is 2.55. The molecule has 0 aliphatic heterocycles. The SMILES string of the molecule is CCCS(=O)(=O)NCC(C)(O)C(c1ccccc1)c1ccccc1. The molecule has 0 aliphatic carbocycles. The van der Waals surface area contributed by atoms with Crippen molar-refractivity contribution < 1.29 is 13.5 Å². The maximum Gasteiger partial charge on any atom is 0.211 e. The Hall–Kier alpha value is -1.69. The molecule has 0 saturated heterocycles. The van der Waals surface area contributed by atoms with Crippen LogP contribution in [0.1, 0.15) is 37.3 Å². The van der Waals surface area contributed by atoms with Crippen LogP contribution in [0.2, 0.25) is 0 Å². The molecule has 2 aromatic carbocycles. The molecule has 1 atom stereocenters. The zero-order valence-electron chi connectivity index (χ0n) is 14.1. The lowest BCUT2D eigenvalue weighted by atomic mass is 9.78. The van der Waals surface area contributed by atoms with Crippen LogP contribution in [0.15, 0.2) is 60.7 Å². The van der Waals surface area contributed by atoms with Crippen molar-refractivity contribution in [2.45, 2.75) is 31.8 Å². The van der Waals surface area contributed by atoms with Crippen LogP contribution in [0, 0.1) is 0 Å². The first-order valence-electron chi connectivity index (χ1n) is 8.15. The van der Waals surface area contributed by atoms with E-state index in [1.807, 2.05) is 67.6 Å². The molecule has 0 amide bonds. The van der Waals surface area contributed by atoms with Gasteiger partial charge in [0.25, 0.3) is 0 Å². The predicted molar refractivity (Wildman–Crippen MR) is 97.4 cm³/mol. The van der Waals surface area contributed by atoms with Gasteiger partial charge in [0.2, 0.25) is 10.0 Å². The van der Waals surface area contributed by atoms with E-state index in [2.05, 4.69) is 4.72 Å². The summed E-state index contributed by atoms with van der Waals surface area (Å²) < 4.78 is 26.4. The zero-order chi connectivity index (χ0) is 17.6. The molecule has 2 N–H and O–H groups in total. The zero-order valence-corrected chi connectivity index (χ0v) is 15.0. The van der Waals surface area contributed by atoms with Crippen LogP contribution in [-0.4, -0.2) is 31.4 Å². The Morgan fingerprint density at radius 3 is 1.88 bits per heavy atom. The van der Waals surface area contributed by atoms with E-state index in [0.29, 0.717) is 6.42 Å². The predicted octanol–water partition coefficient (Wildman–Crippen LogP) is 2.90. The Kier molecular flexibility index (Phi) is 6.15. The molecule has 0 aromatic heterocycles. The van der Waals surface area contributed by atoms with E-state index in [4.69, 9.17) is 0 Å². The summed E-state index contributed by atoms with van der Waals surface area (Å²) in [6, 6.07) is 19.3. The summed E-state index contributed by atoms with van der Waals surface area (Å²) in [5.74, 6) is -0.269. The molecule has 2 aromatic rings. The number of benzene rings is 2. The maximum absolute atomic E-state index is 12.0. The van der Waals surface area contributed by atoms with E-state index in [9.17, 15) is 13.5 Å². The fourth-order valence-corrected chi connectivity index (χ4v) is 4.09. The highest BCUT2D eigenvalue weighted by Crippen LogP contribution is 2.34. The van der Waals surface area contributed by atoms with E-state index in [-0.39, 0.29) is 18.2 Å². The van der Waals surface area contributed by atoms with Crippen LogP contribution in [0.5, 0.6) is 0 Å². The molecule has 0 radical (unpaired) electrons. The summed E-state index contributed by atoms with van der Waals surface area (Å²) in [5.41, 5.74) is 0.635. The molecule has 4 nitrogen and oxygen atoms in total. The van der Waals surface area contributed by atoms with Gasteiger partial charge in [-0.1, -0.05) is 67.6 Å². The van der Waals surface area contributed by atoms with Gasteiger partial charge >= 0.3 is 0 Å². The van der Waals surface area contributed by atoms with Gasteiger partial charge in [-0.3, -0.25) is 0 Å². The number of hydrogen-bond acceptors (Lipinski definition) is 3. The molecule has 0 spiro atoms. The largest absolute Gasteiger partial charge is 0.388 e. The van der Waals surface area contributed by atoms with Crippen molar-refractivity contribution in [2.24, 2.45) is 0 Å². The van der Waals surface area contributed by atoms with Crippen molar-refractivity contribution in [1.82, 2.24) is 4.72 Å². The van der Waals surface area contributed by atoms with Crippen molar-refractivity contribution in [3.05, 3.63) is 71.8 Å². The molecule has 0 aliphatic rings. The molecule has 0 fully saturated rings. The number of sulfonamides is 1. The fourth-order valence-electron chi connectivity index (χ4n) is 2.90. The molecule has 130 valence electrons. The second kappa shape index (κ2) is 7.92. The average molecular weight is 347 g/mol. The monoisotopic (exact) mass is 347 g/mol. The van der Waals surface area contributed by atoms with Crippen molar-refractivity contribution in [3.8, 4) is 0 Å². The van der Waals surface area contributed by atoms with E-state index in [1.165, 1.54) is 0 Å². The van der Waals surface area contributed by atoms with E-state index < -0.39 is 15.6 Å². The highest BCUT2D eigenvalue weighted by Gasteiger charge is 2.35. The summed E-state index contributed by atoms with van der Waals surface area (Å²) in [6.45, 7) is 3.45. The van der Waals surface area contributed by atoms with Gasteiger partial charge in [-0.25, -0.2) is 13.1 Å². The van der Waals surface area contributed by atoms with Gasteiger partial charge < -0.3 is 5.11 Å². The van der Waals surface area contributed by atoms with Crippen molar-refractivity contribution in [2.75, 3.05) is 12.3 Å². The van der Waals surface area contributed by atoms with Gasteiger partial charge in [-0.05, 0) is 24.5 Å². The molecular weight excluding hydrogens is 322 g/mol. The second-order valence-electron chi connectivity index (χ2n) is 6.25. The van der Waals surface area contributed by atoms with Gasteiger partial charge in [0.1, 0.15) is 0 Å². The third kappa shape index (κ3) is 4.90. The van der Waals surface area contributed by atoms with Crippen LogP contribution in [0.3, 0.4) is 0 Å². The molecule has 0 bridgehead atoms. The Morgan fingerprint density at radius 2 is 1.46 bits per heavy atom. The lowest BCUT2D eigenvalue weighted by Gasteiger charge is -2.34. The summed E-state index contributed by atoms with van der Waals surface area (Å²) >= 11 is 0. The molecule has 0 saturated carbocycles. The smallest absolute Gasteiger partial charge is 0.211 e. The molecule has 24 heavy (non-hydrogen) atoms. The van der Waals surface area contributed by atoms with E-state index >= 15 is 0 Å². The van der Waals surface area contributed by atoms with Crippen LogP contribution < -0.4 is 4.72 Å². The van der Waals surface area contributed by atoms with Crippen molar-refractivity contribution >= 4 is 10.0 Å². The quantitative estimate of drug-likeness (QED) is 0.772. The Balaban J connectivity index is 2.32. The van der Waals surface area contributed by atoms with Gasteiger partial charge in [0.15, 0.2) is 0 Å². The highest BCUT2D eigenvalue weighted by atomic mass is 32.2. The van der Waals surface area contributed by atoms with Gasteiger partial charge in [-0.2, -0.15) is 0 Å². The minimum absolute atomic E-state index is 0.0379. The Bertz CT molecular complexity index is 688. The molecule has 1 unspecified atom stereocenters. The minimum atomic E-state index is -3.37. The minimum Gasteiger partial charge on any atom is -0.388 e. The number of rotatable bonds is 8. The van der Waals surface area contributed by atoms with Crippen LogP contribution in [0.4, 0.5) is 0 Å². The Morgan fingerprint density at radius 1 is 1.00 bits per heavy atom. The topological polar surface area (TPSA) is 66.4 Å². The summed E-state index contributed by atoms with van der Waals surface area (Å²) in [4.78, 5) is 0. The summed E-state index contributed by atoms with van der Waals surface area (Å²) in [6.07, 6.45) is 0.540. The summed E-state index contributed by atoms with van der Waals surface area (Å²) in [5, 5.41) is 11.1. The number of nitrogens with one attached hydrogen (secondary N) is 1. The van der Waals surface area contributed by atoms with Crippen LogP contribution >= 0.6 is 0 Å². The van der Waals surface area contributed by atoms with E-state index in [0.717, 1.165) is 11.1 Å². The Labute approximate surface area is 144 Å². The van der Waals surface area contributed by atoms with Crippen molar-refractivity contribution in [3.63, 3.8) is 0 Å². The van der Waals surface area contributed by atoms with Crippen LogP contribution in [-0.2, 0) is 10.0 Å². The van der Waals surface area contributed by atoms with Crippen molar-refractivity contribution in [1.29, 1.82) is 0 Å². The molecular formula is C19H25NO3S.